The van der Waals surface area contributed by atoms with E-state index in [1.54, 1.807) is 12.5 Å². The van der Waals surface area contributed by atoms with Gasteiger partial charge in [0.2, 0.25) is 0 Å². The molecule has 2 saturated heterocycles. The van der Waals surface area contributed by atoms with Gasteiger partial charge in [0.1, 0.15) is 11.5 Å². The van der Waals surface area contributed by atoms with Crippen molar-refractivity contribution in [3.63, 3.8) is 0 Å². The lowest BCUT2D eigenvalue weighted by Gasteiger charge is -2.32. The van der Waals surface area contributed by atoms with Crippen molar-refractivity contribution in [3.05, 3.63) is 48.3 Å². The van der Waals surface area contributed by atoms with Gasteiger partial charge in [-0.2, -0.15) is 0 Å². The number of halogens is 1. The minimum atomic E-state index is -0.243. The predicted molar refractivity (Wildman–Crippen MR) is 116 cm³/mol. The van der Waals surface area contributed by atoms with Crippen LogP contribution in [-0.2, 0) is 4.79 Å². The van der Waals surface area contributed by atoms with Crippen molar-refractivity contribution in [2.45, 2.75) is 50.4 Å². The average molecular weight is 421 g/mol. The molecule has 29 heavy (non-hydrogen) atoms. The van der Waals surface area contributed by atoms with Gasteiger partial charge >= 0.3 is 0 Å². The molecule has 4 rings (SSSR count). The Morgan fingerprint density at radius 1 is 0.759 bits per heavy atom. The summed E-state index contributed by atoms with van der Waals surface area (Å²) in [6, 6.07) is 7.68. The number of piperidine rings is 2. The molecule has 0 N–H and O–H groups in total. The number of furan rings is 2. The average Bonchev–Trinajstić information content (AvgIpc) is 3.46. The predicted octanol–water partition coefficient (Wildman–Crippen LogP) is 4.70. The van der Waals surface area contributed by atoms with E-state index in [0.29, 0.717) is 0 Å². The van der Waals surface area contributed by atoms with Crippen molar-refractivity contribution in [2.24, 2.45) is 0 Å². The Bertz CT molecular complexity index is 644. The van der Waals surface area contributed by atoms with Crippen LogP contribution in [0.1, 0.15) is 61.9 Å². The zero-order chi connectivity index (χ0) is 19.2. The van der Waals surface area contributed by atoms with Gasteiger partial charge in [-0.25, -0.2) is 0 Å². The number of likely N-dealkylation sites (tertiary alicyclic amines) is 2. The number of ketones is 1. The van der Waals surface area contributed by atoms with Crippen LogP contribution in [0.2, 0.25) is 0 Å². The summed E-state index contributed by atoms with van der Waals surface area (Å²) < 4.78 is 11.4. The van der Waals surface area contributed by atoms with E-state index in [1.165, 1.54) is 38.5 Å². The van der Waals surface area contributed by atoms with Gasteiger partial charge < -0.3 is 18.6 Å². The van der Waals surface area contributed by atoms with Gasteiger partial charge in [-0.1, -0.05) is 12.8 Å². The number of carbonyl (C=O) groups is 1. The molecule has 2 aliphatic heterocycles. The summed E-state index contributed by atoms with van der Waals surface area (Å²) in [4.78, 5) is 18.7. The van der Waals surface area contributed by atoms with Gasteiger partial charge in [0, 0.05) is 13.1 Å². The maximum absolute atomic E-state index is 13.8. The number of rotatable bonds is 8. The topological polar surface area (TPSA) is 49.8 Å². The molecular weight excluding hydrogens is 388 g/mol. The minimum absolute atomic E-state index is 0. The van der Waals surface area contributed by atoms with Crippen LogP contribution in [0, 0.1) is 0 Å². The smallest absolute Gasteiger partial charge is 0.156 e. The summed E-state index contributed by atoms with van der Waals surface area (Å²) in [5.41, 5.74) is 0. The molecule has 2 aromatic rings. The second-order valence-corrected chi connectivity index (χ2v) is 8.26. The third-order valence-electron chi connectivity index (χ3n) is 6.24. The SMILES string of the molecule is Cl.O=C(C(CN1CCCCC1)c1ccco1)C(CN1CCCCC1)c1ccco1. The Kier molecular flexibility index (Phi) is 8.40. The summed E-state index contributed by atoms with van der Waals surface area (Å²) in [7, 11) is 0. The molecule has 0 saturated carbocycles. The number of hydrogen-bond donors (Lipinski definition) is 0. The molecule has 0 amide bonds. The standard InChI is InChI=1S/C23H32N2O3.ClH/c26-23(19(21-9-7-15-27-21)17-24-11-3-1-4-12-24)20(22-10-8-16-28-22)18-25-13-5-2-6-14-25;/h7-10,15-16,19-20H,1-6,11-14,17-18H2;1H. The first-order valence-electron chi connectivity index (χ1n) is 10.9. The molecule has 0 aliphatic carbocycles. The van der Waals surface area contributed by atoms with E-state index in [1.807, 2.05) is 24.3 Å². The van der Waals surface area contributed by atoms with E-state index in [2.05, 4.69) is 9.80 Å². The van der Waals surface area contributed by atoms with Crippen molar-refractivity contribution in [2.75, 3.05) is 39.3 Å². The fraction of sp³-hybridized carbons (Fsp3) is 0.609. The normalized spacial score (nSPS) is 20.7. The number of hydrogen-bond acceptors (Lipinski definition) is 5. The largest absolute Gasteiger partial charge is 0.469 e. The summed E-state index contributed by atoms with van der Waals surface area (Å²) in [5.74, 6) is 1.30. The lowest BCUT2D eigenvalue weighted by Crippen LogP contribution is -2.40. The van der Waals surface area contributed by atoms with E-state index in [-0.39, 0.29) is 30.0 Å². The van der Waals surface area contributed by atoms with E-state index in [4.69, 9.17) is 8.83 Å². The molecule has 0 spiro atoms. The van der Waals surface area contributed by atoms with Crippen LogP contribution in [0.4, 0.5) is 0 Å². The van der Waals surface area contributed by atoms with Crippen LogP contribution in [0.5, 0.6) is 0 Å². The van der Waals surface area contributed by atoms with E-state index < -0.39 is 0 Å². The molecule has 0 radical (unpaired) electrons. The van der Waals surface area contributed by atoms with E-state index in [9.17, 15) is 4.79 Å². The van der Waals surface area contributed by atoms with Crippen LogP contribution in [0.3, 0.4) is 0 Å². The maximum Gasteiger partial charge on any atom is 0.156 e. The molecule has 2 aliphatic rings. The zero-order valence-corrected chi connectivity index (χ0v) is 17.9. The Morgan fingerprint density at radius 2 is 1.17 bits per heavy atom. The first-order valence-corrected chi connectivity index (χ1v) is 10.9. The number of Topliss-reactive ketones (excluding diaryl/α,β-unsaturated/α-hetero) is 1. The zero-order valence-electron chi connectivity index (χ0n) is 17.1. The Morgan fingerprint density at radius 3 is 1.52 bits per heavy atom. The molecular formula is C23H33ClN2O3. The molecule has 160 valence electrons. The second kappa shape index (κ2) is 11.0. The van der Waals surface area contributed by atoms with Crippen LogP contribution in [0.25, 0.3) is 0 Å². The molecule has 0 aromatic carbocycles. The fourth-order valence-electron chi connectivity index (χ4n) is 4.66. The van der Waals surface area contributed by atoms with Gasteiger partial charge in [0.05, 0.1) is 24.4 Å². The Labute approximate surface area is 179 Å². The molecule has 0 bridgehead atoms. The van der Waals surface area contributed by atoms with Gasteiger partial charge in [-0.3, -0.25) is 4.79 Å². The lowest BCUT2D eigenvalue weighted by atomic mass is 9.87. The summed E-state index contributed by atoms with van der Waals surface area (Å²) in [5, 5.41) is 0. The summed E-state index contributed by atoms with van der Waals surface area (Å²) in [6.07, 6.45) is 10.8. The molecule has 5 nitrogen and oxygen atoms in total. The fourth-order valence-corrected chi connectivity index (χ4v) is 4.66. The third-order valence-corrected chi connectivity index (χ3v) is 6.24. The van der Waals surface area contributed by atoms with E-state index in [0.717, 1.165) is 50.8 Å². The second-order valence-electron chi connectivity index (χ2n) is 8.26. The summed E-state index contributed by atoms with van der Waals surface area (Å²) >= 11 is 0. The number of nitrogens with zero attached hydrogens (tertiary/aromatic N) is 2. The van der Waals surface area contributed by atoms with Gasteiger partial charge in [0.25, 0.3) is 0 Å². The highest BCUT2D eigenvalue weighted by atomic mass is 35.5. The Hall–Kier alpha value is -1.56. The van der Waals surface area contributed by atoms with Crippen LogP contribution in [-0.4, -0.2) is 54.9 Å². The van der Waals surface area contributed by atoms with Crippen molar-refractivity contribution >= 4 is 18.2 Å². The van der Waals surface area contributed by atoms with Gasteiger partial charge in [0.15, 0.2) is 5.78 Å². The monoisotopic (exact) mass is 420 g/mol. The molecule has 2 fully saturated rings. The highest BCUT2D eigenvalue weighted by Gasteiger charge is 2.35. The highest BCUT2D eigenvalue weighted by molar-refractivity contribution is 5.91. The molecule has 6 heteroatoms. The van der Waals surface area contributed by atoms with Crippen LogP contribution < -0.4 is 0 Å². The molecule has 2 atom stereocenters. The number of carbonyl (C=O) groups excluding carboxylic acids is 1. The summed E-state index contributed by atoms with van der Waals surface area (Å²) in [6.45, 7) is 5.77. The quantitative estimate of drug-likeness (QED) is 0.619. The minimum Gasteiger partial charge on any atom is -0.469 e. The van der Waals surface area contributed by atoms with Crippen molar-refractivity contribution in [3.8, 4) is 0 Å². The first kappa shape index (κ1) is 22.1. The third kappa shape index (κ3) is 5.74. The van der Waals surface area contributed by atoms with Crippen LogP contribution >= 0.6 is 12.4 Å². The first-order chi connectivity index (χ1) is 13.8. The van der Waals surface area contributed by atoms with Crippen molar-refractivity contribution in [1.82, 2.24) is 9.80 Å². The lowest BCUT2D eigenvalue weighted by molar-refractivity contribution is -0.123. The van der Waals surface area contributed by atoms with Gasteiger partial charge in [-0.05, 0) is 76.1 Å². The molecule has 2 aromatic heterocycles. The molecule has 4 heterocycles. The van der Waals surface area contributed by atoms with E-state index >= 15 is 0 Å². The van der Waals surface area contributed by atoms with Crippen molar-refractivity contribution < 1.29 is 13.6 Å². The maximum atomic E-state index is 13.8. The highest BCUT2D eigenvalue weighted by Crippen LogP contribution is 2.30. The Balaban J connectivity index is 0.00000240. The van der Waals surface area contributed by atoms with Crippen molar-refractivity contribution in [1.29, 1.82) is 0 Å². The van der Waals surface area contributed by atoms with Gasteiger partial charge in [-0.15, -0.1) is 12.4 Å². The molecule has 2 unspecified atom stereocenters. The van der Waals surface area contributed by atoms with Crippen LogP contribution in [0.15, 0.2) is 45.6 Å².